The Labute approximate surface area is 114 Å². The SMILES string of the molecule is Nc1cc(C2CCCC2)nc(-c2occc2Br)n1. The first-order valence-corrected chi connectivity index (χ1v) is 6.91. The van der Waals surface area contributed by atoms with Crippen LogP contribution in [0, 0.1) is 0 Å². The molecule has 0 spiro atoms. The van der Waals surface area contributed by atoms with E-state index in [9.17, 15) is 0 Å². The molecule has 0 aromatic carbocycles. The summed E-state index contributed by atoms with van der Waals surface area (Å²) in [4.78, 5) is 8.86. The monoisotopic (exact) mass is 307 g/mol. The highest BCUT2D eigenvalue weighted by molar-refractivity contribution is 9.10. The summed E-state index contributed by atoms with van der Waals surface area (Å²) in [7, 11) is 0. The average Bonchev–Trinajstić information content (AvgIpc) is 2.98. The lowest BCUT2D eigenvalue weighted by molar-refractivity contribution is 0.574. The van der Waals surface area contributed by atoms with Gasteiger partial charge in [-0.2, -0.15) is 0 Å². The van der Waals surface area contributed by atoms with Gasteiger partial charge in [-0.3, -0.25) is 0 Å². The molecular weight excluding hydrogens is 294 g/mol. The molecule has 3 rings (SSSR count). The van der Waals surface area contributed by atoms with Crippen LogP contribution in [0.1, 0.15) is 37.3 Å². The van der Waals surface area contributed by atoms with Crippen molar-refractivity contribution < 1.29 is 4.42 Å². The zero-order valence-electron chi connectivity index (χ0n) is 9.90. The minimum Gasteiger partial charge on any atom is -0.460 e. The molecule has 0 aliphatic heterocycles. The van der Waals surface area contributed by atoms with Crippen molar-refractivity contribution in [3.63, 3.8) is 0 Å². The van der Waals surface area contributed by atoms with E-state index < -0.39 is 0 Å². The van der Waals surface area contributed by atoms with Gasteiger partial charge < -0.3 is 10.2 Å². The number of nitrogen functional groups attached to an aromatic ring is 1. The van der Waals surface area contributed by atoms with Crippen LogP contribution in [0.2, 0.25) is 0 Å². The molecule has 1 aliphatic carbocycles. The number of aromatic nitrogens is 2. The van der Waals surface area contributed by atoms with Gasteiger partial charge in [-0.1, -0.05) is 12.8 Å². The summed E-state index contributed by atoms with van der Waals surface area (Å²) >= 11 is 3.42. The summed E-state index contributed by atoms with van der Waals surface area (Å²) in [5, 5.41) is 0. The molecule has 1 fully saturated rings. The van der Waals surface area contributed by atoms with E-state index in [0.29, 0.717) is 23.3 Å². The molecule has 0 atom stereocenters. The first-order chi connectivity index (χ1) is 8.74. The van der Waals surface area contributed by atoms with E-state index in [1.54, 1.807) is 6.26 Å². The molecule has 0 bridgehead atoms. The third-order valence-corrected chi connectivity index (χ3v) is 3.98. The van der Waals surface area contributed by atoms with E-state index >= 15 is 0 Å². The molecular formula is C13H14BrN3O. The van der Waals surface area contributed by atoms with Crippen molar-refractivity contribution in [3.05, 3.63) is 28.6 Å². The zero-order valence-corrected chi connectivity index (χ0v) is 11.5. The van der Waals surface area contributed by atoms with E-state index in [0.717, 1.165) is 10.2 Å². The maximum Gasteiger partial charge on any atom is 0.199 e. The summed E-state index contributed by atoms with van der Waals surface area (Å²) in [6.45, 7) is 0. The summed E-state index contributed by atoms with van der Waals surface area (Å²) < 4.78 is 6.25. The number of nitrogens with zero attached hydrogens (tertiary/aromatic N) is 2. The summed E-state index contributed by atoms with van der Waals surface area (Å²) in [6, 6.07) is 3.72. The van der Waals surface area contributed by atoms with Gasteiger partial charge in [-0.15, -0.1) is 0 Å². The molecule has 18 heavy (non-hydrogen) atoms. The van der Waals surface area contributed by atoms with Crippen LogP contribution in [0.4, 0.5) is 5.82 Å². The minimum atomic E-state index is 0.505. The van der Waals surface area contributed by atoms with E-state index in [1.165, 1.54) is 25.7 Å². The number of nitrogens with two attached hydrogens (primary N) is 1. The highest BCUT2D eigenvalue weighted by Crippen LogP contribution is 2.35. The first kappa shape index (κ1) is 11.7. The lowest BCUT2D eigenvalue weighted by atomic mass is 10.0. The standard InChI is InChI=1S/C13H14BrN3O/c14-9-5-6-18-12(9)13-16-10(7-11(15)17-13)8-3-1-2-4-8/h5-8H,1-4H2,(H2,15,16,17). The molecule has 0 amide bonds. The molecule has 2 aromatic heterocycles. The van der Waals surface area contributed by atoms with Crippen molar-refractivity contribution in [2.45, 2.75) is 31.6 Å². The fourth-order valence-electron chi connectivity index (χ4n) is 2.47. The summed E-state index contributed by atoms with van der Waals surface area (Å²) in [5.74, 6) is 2.23. The van der Waals surface area contributed by atoms with E-state index in [-0.39, 0.29) is 0 Å². The molecule has 1 aliphatic rings. The van der Waals surface area contributed by atoms with Crippen molar-refractivity contribution in [2.24, 2.45) is 0 Å². The third-order valence-electron chi connectivity index (χ3n) is 3.36. The second-order valence-corrected chi connectivity index (χ2v) is 5.47. The van der Waals surface area contributed by atoms with Crippen LogP contribution in [0.25, 0.3) is 11.6 Å². The Morgan fingerprint density at radius 2 is 2.06 bits per heavy atom. The number of hydrogen-bond acceptors (Lipinski definition) is 4. The predicted octanol–water partition coefficient (Wildman–Crippen LogP) is 3.74. The van der Waals surface area contributed by atoms with Crippen LogP contribution in [-0.2, 0) is 0 Å². The molecule has 0 unspecified atom stereocenters. The van der Waals surface area contributed by atoms with Crippen molar-refractivity contribution >= 4 is 21.7 Å². The van der Waals surface area contributed by atoms with Crippen molar-refractivity contribution in [3.8, 4) is 11.6 Å². The Morgan fingerprint density at radius 3 is 2.72 bits per heavy atom. The normalized spacial score (nSPS) is 16.3. The van der Waals surface area contributed by atoms with Gasteiger partial charge in [0, 0.05) is 17.7 Å². The minimum absolute atomic E-state index is 0.505. The number of anilines is 1. The maximum absolute atomic E-state index is 5.88. The highest BCUT2D eigenvalue weighted by Gasteiger charge is 2.21. The number of furan rings is 1. The number of halogens is 1. The van der Waals surface area contributed by atoms with Gasteiger partial charge in [-0.05, 0) is 34.8 Å². The van der Waals surface area contributed by atoms with Gasteiger partial charge in [0.2, 0.25) is 0 Å². The molecule has 1 saturated carbocycles. The first-order valence-electron chi connectivity index (χ1n) is 6.12. The van der Waals surface area contributed by atoms with Crippen molar-refractivity contribution in [1.82, 2.24) is 9.97 Å². The van der Waals surface area contributed by atoms with Gasteiger partial charge >= 0.3 is 0 Å². The maximum atomic E-state index is 5.88. The van der Waals surface area contributed by atoms with Crippen molar-refractivity contribution in [2.75, 3.05) is 5.73 Å². The Hall–Kier alpha value is -1.36. The van der Waals surface area contributed by atoms with Crippen molar-refractivity contribution in [1.29, 1.82) is 0 Å². The second kappa shape index (κ2) is 4.72. The second-order valence-electron chi connectivity index (χ2n) is 4.62. The summed E-state index contributed by atoms with van der Waals surface area (Å²) in [5.41, 5.74) is 6.92. The van der Waals surface area contributed by atoms with Gasteiger partial charge in [0.05, 0.1) is 10.7 Å². The lowest BCUT2D eigenvalue weighted by Crippen LogP contribution is -2.03. The van der Waals surface area contributed by atoms with E-state index in [4.69, 9.17) is 10.2 Å². The predicted molar refractivity (Wildman–Crippen MR) is 73.1 cm³/mol. The molecule has 94 valence electrons. The lowest BCUT2D eigenvalue weighted by Gasteiger charge is -2.10. The third kappa shape index (κ3) is 2.14. The Bertz CT molecular complexity index is 561. The van der Waals surface area contributed by atoms with E-state index in [2.05, 4.69) is 25.9 Å². The fraction of sp³-hybridized carbons (Fsp3) is 0.385. The number of rotatable bonds is 2. The van der Waals surface area contributed by atoms with Crippen LogP contribution in [0.5, 0.6) is 0 Å². The zero-order chi connectivity index (χ0) is 12.5. The Kier molecular flexibility index (Phi) is 3.07. The largest absolute Gasteiger partial charge is 0.460 e. The van der Waals surface area contributed by atoms with E-state index in [1.807, 2.05) is 12.1 Å². The molecule has 5 heteroatoms. The molecule has 2 heterocycles. The quantitative estimate of drug-likeness (QED) is 0.918. The molecule has 4 nitrogen and oxygen atoms in total. The van der Waals surface area contributed by atoms with Gasteiger partial charge in [-0.25, -0.2) is 9.97 Å². The van der Waals surface area contributed by atoms with Gasteiger partial charge in [0.15, 0.2) is 11.6 Å². The fourth-order valence-corrected chi connectivity index (χ4v) is 2.85. The average molecular weight is 308 g/mol. The topological polar surface area (TPSA) is 64.9 Å². The van der Waals surface area contributed by atoms with Crippen LogP contribution in [0.15, 0.2) is 27.3 Å². The van der Waals surface area contributed by atoms with Gasteiger partial charge in [0.1, 0.15) is 5.82 Å². The highest BCUT2D eigenvalue weighted by atomic mass is 79.9. The molecule has 0 saturated heterocycles. The molecule has 0 radical (unpaired) electrons. The number of hydrogen-bond donors (Lipinski definition) is 1. The Balaban J connectivity index is 2.03. The van der Waals surface area contributed by atoms with Crippen LogP contribution < -0.4 is 5.73 Å². The van der Waals surface area contributed by atoms with Crippen LogP contribution in [-0.4, -0.2) is 9.97 Å². The van der Waals surface area contributed by atoms with Gasteiger partial charge in [0.25, 0.3) is 0 Å². The molecule has 2 N–H and O–H groups in total. The Morgan fingerprint density at radius 1 is 1.28 bits per heavy atom. The van der Waals surface area contributed by atoms with Crippen LogP contribution >= 0.6 is 15.9 Å². The molecule has 2 aromatic rings. The smallest absolute Gasteiger partial charge is 0.199 e. The van der Waals surface area contributed by atoms with Crippen LogP contribution in [0.3, 0.4) is 0 Å². The summed E-state index contributed by atoms with van der Waals surface area (Å²) in [6.07, 6.45) is 6.54.